The van der Waals surface area contributed by atoms with Crippen molar-refractivity contribution in [2.24, 2.45) is 10.9 Å². The number of rotatable bonds is 11. The molecule has 0 aromatic heterocycles. The Labute approximate surface area is 103 Å². The minimum absolute atomic E-state index is 0.278. The van der Waals surface area contributed by atoms with Gasteiger partial charge < -0.3 is 25.3 Å². The summed E-state index contributed by atoms with van der Waals surface area (Å²) < 4.78 is 10.3. The van der Waals surface area contributed by atoms with Crippen molar-refractivity contribution in [2.45, 2.75) is 19.8 Å². The van der Waals surface area contributed by atoms with E-state index in [9.17, 15) is 0 Å². The van der Waals surface area contributed by atoms with Crippen molar-refractivity contribution in [1.29, 1.82) is 0 Å². The summed E-state index contributed by atoms with van der Waals surface area (Å²) in [7, 11) is 1.66. The van der Waals surface area contributed by atoms with Crippen molar-refractivity contribution in [3.05, 3.63) is 0 Å². The number of nitrogens with two attached hydrogens (primary N) is 1. The molecule has 0 aromatic carbocycles. The number of amidine groups is 1. The molecule has 0 unspecified atom stereocenters. The fraction of sp³-hybridized carbons (Fsp3) is 0.909. The molecule has 0 bridgehead atoms. The van der Waals surface area contributed by atoms with E-state index in [0.29, 0.717) is 19.6 Å². The number of hydrogen-bond acceptors (Lipinski definition) is 5. The highest BCUT2D eigenvalue weighted by Crippen LogP contribution is 1.95. The van der Waals surface area contributed by atoms with E-state index >= 15 is 0 Å². The Balaban J connectivity index is 3.47. The minimum Gasteiger partial charge on any atom is -0.409 e. The molecule has 0 aliphatic rings. The SMILES string of the molecule is CCN(CCCOCCOC)CCC(N)=NO. The van der Waals surface area contributed by atoms with E-state index in [2.05, 4.69) is 17.0 Å². The Kier molecular flexibility index (Phi) is 11.0. The summed E-state index contributed by atoms with van der Waals surface area (Å²) in [4.78, 5) is 2.25. The maximum atomic E-state index is 8.43. The monoisotopic (exact) mass is 247 g/mol. The quantitative estimate of drug-likeness (QED) is 0.183. The first kappa shape index (κ1) is 16.1. The van der Waals surface area contributed by atoms with Crippen molar-refractivity contribution in [2.75, 3.05) is 46.6 Å². The van der Waals surface area contributed by atoms with Crippen molar-refractivity contribution in [1.82, 2.24) is 4.90 Å². The van der Waals surface area contributed by atoms with Gasteiger partial charge in [-0.15, -0.1) is 0 Å². The van der Waals surface area contributed by atoms with E-state index < -0.39 is 0 Å². The Morgan fingerprint density at radius 3 is 2.65 bits per heavy atom. The Hall–Kier alpha value is -0.850. The molecule has 6 nitrogen and oxygen atoms in total. The topological polar surface area (TPSA) is 80.3 Å². The van der Waals surface area contributed by atoms with Gasteiger partial charge in [0.25, 0.3) is 0 Å². The van der Waals surface area contributed by atoms with Gasteiger partial charge in [0.1, 0.15) is 5.84 Å². The zero-order chi connectivity index (χ0) is 12.9. The van der Waals surface area contributed by atoms with Gasteiger partial charge in [-0.1, -0.05) is 12.1 Å². The average Bonchev–Trinajstić information content (AvgIpc) is 2.36. The Morgan fingerprint density at radius 1 is 1.29 bits per heavy atom. The highest BCUT2D eigenvalue weighted by molar-refractivity contribution is 5.79. The molecular weight excluding hydrogens is 222 g/mol. The number of oxime groups is 1. The number of methoxy groups -OCH3 is 1. The van der Waals surface area contributed by atoms with E-state index in [1.807, 2.05) is 0 Å². The summed E-state index contributed by atoms with van der Waals surface area (Å²) in [5, 5.41) is 11.4. The standard InChI is InChI=1S/C11H25N3O3/c1-3-14(7-5-11(12)13-15)6-4-8-17-10-9-16-2/h15H,3-10H2,1-2H3,(H2,12,13). The number of nitrogens with zero attached hydrogens (tertiary/aromatic N) is 2. The van der Waals surface area contributed by atoms with Gasteiger partial charge in [-0.2, -0.15) is 0 Å². The van der Waals surface area contributed by atoms with Gasteiger partial charge in [0.05, 0.1) is 13.2 Å². The first-order valence-electron chi connectivity index (χ1n) is 6.00. The van der Waals surface area contributed by atoms with E-state index in [-0.39, 0.29) is 5.84 Å². The third-order valence-electron chi connectivity index (χ3n) is 2.45. The lowest BCUT2D eigenvalue weighted by atomic mass is 10.3. The molecule has 0 fully saturated rings. The Bertz CT molecular complexity index is 200. The maximum Gasteiger partial charge on any atom is 0.140 e. The highest BCUT2D eigenvalue weighted by atomic mass is 16.5. The van der Waals surface area contributed by atoms with Crippen LogP contribution in [-0.2, 0) is 9.47 Å². The smallest absolute Gasteiger partial charge is 0.140 e. The molecule has 17 heavy (non-hydrogen) atoms. The summed E-state index contributed by atoms with van der Waals surface area (Å²) >= 11 is 0. The predicted octanol–water partition coefficient (Wildman–Crippen LogP) is 0.498. The second-order valence-corrected chi connectivity index (χ2v) is 3.73. The Morgan fingerprint density at radius 2 is 2.06 bits per heavy atom. The lowest BCUT2D eigenvalue weighted by Crippen LogP contribution is -2.29. The maximum absolute atomic E-state index is 8.43. The molecule has 0 radical (unpaired) electrons. The van der Waals surface area contributed by atoms with Crippen molar-refractivity contribution in [3.8, 4) is 0 Å². The molecule has 0 atom stereocenters. The normalized spacial score (nSPS) is 12.3. The molecular formula is C11H25N3O3. The van der Waals surface area contributed by atoms with Gasteiger partial charge >= 0.3 is 0 Å². The van der Waals surface area contributed by atoms with E-state index in [1.54, 1.807) is 7.11 Å². The molecule has 0 rings (SSSR count). The van der Waals surface area contributed by atoms with E-state index in [0.717, 1.165) is 32.7 Å². The molecule has 0 aromatic rings. The molecule has 0 heterocycles. The molecule has 0 saturated carbocycles. The van der Waals surface area contributed by atoms with Crippen molar-refractivity contribution < 1.29 is 14.7 Å². The van der Waals surface area contributed by atoms with Crippen LogP contribution in [0.25, 0.3) is 0 Å². The average molecular weight is 247 g/mol. The second-order valence-electron chi connectivity index (χ2n) is 3.73. The summed E-state index contributed by atoms with van der Waals surface area (Å²) in [5.41, 5.74) is 5.42. The first-order chi connectivity index (χ1) is 8.24. The molecule has 0 aliphatic heterocycles. The zero-order valence-corrected chi connectivity index (χ0v) is 10.9. The van der Waals surface area contributed by atoms with Crippen LogP contribution < -0.4 is 5.73 Å². The lowest BCUT2D eigenvalue weighted by Gasteiger charge is -2.19. The van der Waals surface area contributed by atoms with Gasteiger partial charge in [-0.3, -0.25) is 0 Å². The number of hydrogen-bond donors (Lipinski definition) is 2. The highest BCUT2D eigenvalue weighted by Gasteiger charge is 2.03. The predicted molar refractivity (Wildman–Crippen MR) is 67.5 cm³/mol. The molecule has 0 amide bonds. The van der Waals surface area contributed by atoms with Crippen LogP contribution in [0.1, 0.15) is 19.8 Å². The van der Waals surface area contributed by atoms with Gasteiger partial charge in [0, 0.05) is 33.2 Å². The van der Waals surface area contributed by atoms with Crippen LogP contribution in [0.4, 0.5) is 0 Å². The van der Waals surface area contributed by atoms with Crippen LogP contribution in [0, 0.1) is 0 Å². The largest absolute Gasteiger partial charge is 0.409 e. The van der Waals surface area contributed by atoms with Crippen LogP contribution >= 0.6 is 0 Å². The molecule has 0 aliphatic carbocycles. The lowest BCUT2D eigenvalue weighted by molar-refractivity contribution is 0.0655. The van der Waals surface area contributed by atoms with Crippen molar-refractivity contribution in [3.63, 3.8) is 0 Å². The van der Waals surface area contributed by atoms with Crippen LogP contribution in [0.3, 0.4) is 0 Å². The van der Waals surface area contributed by atoms with Gasteiger partial charge in [0.15, 0.2) is 0 Å². The minimum atomic E-state index is 0.278. The van der Waals surface area contributed by atoms with Crippen LogP contribution in [0.15, 0.2) is 5.16 Å². The third-order valence-corrected chi connectivity index (χ3v) is 2.45. The zero-order valence-electron chi connectivity index (χ0n) is 10.9. The van der Waals surface area contributed by atoms with Gasteiger partial charge in [0.2, 0.25) is 0 Å². The molecule has 0 spiro atoms. The van der Waals surface area contributed by atoms with Crippen molar-refractivity contribution >= 4 is 5.84 Å². The van der Waals surface area contributed by atoms with Crippen LogP contribution in [0.2, 0.25) is 0 Å². The first-order valence-corrected chi connectivity index (χ1v) is 6.00. The number of ether oxygens (including phenoxy) is 2. The van der Waals surface area contributed by atoms with E-state index in [1.165, 1.54) is 0 Å². The van der Waals surface area contributed by atoms with Gasteiger partial charge in [-0.05, 0) is 13.0 Å². The molecule has 6 heteroatoms. The second kappa shape index (κ2) is 11.6. The fourth-order valence-corrected chi connectivity index (χ4v) is 1.39. The van der Waals surface area contributed by atoms with Crippen LogP contribution in [0.5, 0.6) is 0 Å². The third kappa shape index (κ3) is 10.0. The van der Waals surface area contributed by atoms with E-state index in [4.69, 9.17) is 20.4 Å². The molecule has 0 saturated heterocycles. The van der Waals surface area contributed by atoms with Crippen LogP contribution in [-0.4, -0.2) is 62.5 Å². The fourth-order valence-electron chi connectivity index (χ4n) is 1.39. The summed E-state index contributed by atoms with van der Waals surface area (Å²) in [6.07, 6.45) is 1.57. The van der Waals surface area contributed by atoms with Gasteiger partial charge in [-0.25, -0.2) is 0 Å². The summed E-state index contributed by atoms with van der Waals surface area (Å²) in [6, 6.07) is 0. The molecule has 3 N–H and O–H groups in total. The summed E-state index contributed by atoms with van der Waals surface area (Å²) in [6.45, 7) is 6.85. The molecule has 102 valence electrons. The summed E-state index contributed by atoms with van der Waals surface area (Å²) in [5.74, 6) is 0.278.